The van der Waals surface area contributed by atoms with Gasteiger partial charge in [-0.1, -0.05) is 26.2 Å². The summed E-state index contributed by atoms with van der Waals surface area (Å²) < 4.78 is 5.44. The second kappa shape index (κ2) is 11.5. The third kappa shape index (κ3) is 11.5. The molecule has 0 fully saturated rings. The van der Waals surface area contributed by atoms with Gasteiger partial charge in [0.05, 0.1) is 0 Å². The van der Waals surface area contributed by atoms with Crippen LogP contribution in [0, 0.1) is 19.3 Å². The predicted octanol–water partition coefficient (Wildman–Crippen LogP) is 3.20. The molecular weight excluding hydrogens is 160 g/mol. The van der Waals surface area contributed by atoms with Gasteiger partial charge >= 0.3 is 0 Å². The normalized spacial score (nSPS) is 9.85. The van der Waals surface area contributed by atoms with Crippen molar-refractivity contribution in [2.75, 3.05) is 13.2 Å². The molecular formula is C12H21O. The number of hydrogen-bond donors (Lipinski definition) is 0. The van der Waals surface area contributed by atoms with Crippen LogP contribution in [0.4, 0.5) is 0 Å². The molecule has 0 aromatic carbocycles. The van der Waals surface area contributed by atoms with Gasteiger partial charge in [-0.2, -0.15) is 0 Å². The summed E-state index contributed by atoms with van der Waals surface area (Å²) >= 11 is 0. The summed E-state index contributed by atoms with van der Waals surface area (Å²) in [5.41, 5.74) is 0. The Kier molecular flexibility index (Phi) is 11.1. The Hall–Kier alpha value is -0.480. The fourth-order valence-electron chi connectivity index (χ4n) is 1.09. The smallest absolute Gasteiger partial charge is 0.0466 e. The van der Waals surface area contributed by atoms with Gasteiger partial charge in [-0.15, -0.1) is 12.3 Å². The van der Waals surface area contributed by atoms with E-state index in [4.69, 9.17) is 11.2 Å². The topological polar surface area (TPSA) is 9.23 Å². The lowest BCUT2D eigenvalue weighted by molar-refractivity contribution is 0.126. The molecule has 0 aromatic heterocycles. The Morgan fingerprint density at radius 1 is 1.00 bits per heavy atom. The molecule has 0 atom stereocenters. The van der Waals surface area contributed by atoms with E-state index in [2.05, 4.69) is 12.8 Å². The predicted molar refractivity (Wildman–Crippen MR) is 57.3 cm³/mol. The van der Waals surface area contributed by atoms with Gasteiger partial charge in [-0.05, 0) is 19.3 Å². The van der Waals surface area contributed by atoms with Crippen molar-refractivity contribution in [3.8, 4) is 12.3 Å². The first-order chi connectivity index (χ1) is 6.41. The third-order valence-electron chi connectivity index (χ3n) is 1.90. The summed E-state index contributed by atoms with van der Waals surface area (Å²) in [5.74, 6) is 2.62. The second-order valence-electron chi connectivity index (χ2n) is 3.19. The Bertz CT molecular complexity index is 124. The zero-order valence-corrected chi connectivity index (χ0v) is 8.56. The maximum absolute atomic E-state index is 5.44. The highest BCUT2D eigenvalue weighted by Gasteiger charge is 1.89. The summed E-state index contributed by atoms with van der Waals surface area (Å²) in [4.78, 5) is 0. The number of unbranched alkanes of at least 4 members (excludes halogenated alkanes) is 5. The van der Waals surface area contributed by atoms with E-state index in [1.807, 2.05) is 0 Å². The van der Waals surface area contributed by atoms with Crippen molar-refractivity contribution in [2.24, 2.45) is 0 Å². The highest BCUT2D eigenvalue weighted by Crippen LogP contribution is 2.00. The summed E-state index contributed by atoms with van der Waals surface area (Å²) in [6.45, 7) is 5.56. The van der Waals surface area contributed by atoms with E-state index in [-0.39, 0.29) is 0 Å². The molecule has 1 nitrogen and oxygen atoms in total. The molecule has 1 radical (unpaired) electrons. The van der Waals surface area contributed by atoms with Crippen molar-refractivity contribution in [1.29, 1.82) is 0 Å². The maximum Gasteiger partial charge on any atom is 0.0466 e. The van der Waals surface area contributed by atoms with Crippen molar-refractivity contribution in [3.63, 3.8) is 0 Å². The van der Waals surface area contributed by atoms with Crippen LogP contribution in [0.3, 0.4) is 0 Å². The van der Waals surface area contributed by atoms with Crippen LogP contribution in [0.2, 0.25) is 0 Å². The molecule has 0 aliphatic rings. The van der Waals surface area contributed by atoms with E-state index >= 15 is 0 Å². The van der Waals surface area contributed by atoms with Gasteiger partial charge in [0.15, 0.2) is 0 Å². The first-order valence-electron chi connectivity index (χ1n) is 5.22. The summed E-state index contributed by atoms with van der Waals surface area (Å²) in [6.07, 6.45) is 12.9. The largest absolute Gasteiger partial charge is 0.381 e. The fourth-order valence-corrected chi connectivity index (χ4v) is 1.09. The van der Waals surface area contributed by atoms with Gasteiger partial charge in [0.25, 0.3) is 0 Å². The van der Waals surface area contributed by atoms with Crippen LogP contribution in [-0.2, 0) is 4.74 Å². The van der Waals surface area contributed by atoms with E-state index in [9.17, 15) is 0 Å². The number of rotatable bonds is 9. The minimum atomic E-state index is 0.867. The third-order valence-corrected chi connectivity index (χ3v) is 1.90. The van der Waals surface area contributed by atoms with Crippen LogP contribution in [-0.4, -0.2) is 13.2 Å². The van der Waals surface area contributed by atoms with Gasteiger partial charge in [0.1, 0.15) is 0 Å². The van der Waals surface area contributed by atoms with Crippen LogP contribution in [0.15, 0.2) is 0 Å². The highest BCUT2D eigenvalue weighted by atomic mass is 16.5. The second-order valence-corrected chi connectivity index (χ2v) is 3.19. The molecule has 13 heavy (non-hydrogen) atoms. The van der Waals surface area contributed by atoms with Gasteiger partial charge < -0.3 is 4.74 Å². The molecule has 1 heteroatoms. The monoisotopic (exact) mass is 181 g/mol. The summed E-state index contributed by atoms with van der Waals surface area (Å²) in [5, 5.41) is 0. The molecule has 0 heterocycles. The lowest BCUT2D eigenvalue weighted by atomic mass is 10.2. The molecule has 0 rings (SSSR count). The molecule has 0 aromatic rings. The number of ether oxygens (including phenoxy) is 1. The van der Waals surface area contributed by atoms with Gasteiger partial charge in [0, 0.05) is 19.6 Å². The number of terminal acetylenes is 1. The molecule has 0 N–H and O–H groups in total. The zero-order chi connectivity index (χ0) is 9.78. The summed E-state index contributed by atoms with van der Waals surface area (Å²) in [7, 11) is 0. The molecule has 0 saturated heterocycles. The quantitative estimate of drug-likeness (QED) is 0.392. The lowest BCUT2D eigenvalue weighted by Gasteiger charge is -2.02. The van der Waals surface area contributed by atoms with E-state index in [1.54, 1.807) is 0 Å². The lowest BCUT2D eigenvalue weighted by Crippen LogP contribution is -1.96. The van der Waals surface area contributed by atoms with Crippen molar-refractivity contribution < 1.29 is 4.74 Å². The van der Waals surface area contributed by atoms with E-state index in [0.29, 0.717) is 0 Å². The Balaban J connectivity index is 2.80. The molecule has 75 valence electrons. The summed E-state index contributed by atoms with van der Waals surface area (Å²) in [6, 6.07) is 0. The molecule has 0 bridgehead atoms. The van der Waals surface area contributed by atoms with Crippen LogP contribution in [0.25, 0.3) is 0 Å². The van der Waals surface area contributed by atoms with E-state index in [0.717, 1.165) is 38.9 Å². The SMILES string of the molecule is C#CCCCCOCCCCC[CH2]. The van der Waals surface area contributed by atoms with Crippen molar-refractivity contribution in [1.82, 2.24) is 0 Å². The van der Waals surface area contributed by atoms with Crippen LogP contribution in [0.5, 0.6) is 0 Å². The Morgan fingerprint density at radius 2 is 1.69 bits per heavy atom. The average Bonchev–Trinajstić information content (AvgIpc) is 2.16. The van der Waals surface area contributed by atoms with Crippen LogP contribution >= 0.6 is 0 Å². The first-order valence-corrected chi connectivity index (χ1v) is 5.22. The van der Waals surface area contributed by atoms with Gasteiger partial charge in [-0.3, -0.25) is 0 Å². The van der Waals surface area contributed by atoms with Gasteiger partial charge in [0.2, 0.25) is 0 Å². The minimum absolute atomic E-state index is 0.867. The molecule has 0 aliphatic heterocycles. The Morgan fingerprint density at radius 3 is 2.31 bits per heavy atom. The molecule has 0 aliphatic carbocycles. The van der Waals surface area contributed by atoms with Gasteiger partial charge in [-0.25, -0.2) is 0 Å². The fraction of sp³-hybridized carbons (Fsp3) is 0.750. The standard InChI is InChI=1S/C12H21O/c1-3-5-7-9-11-13-12-10-8-6-4-2/h1H,2,4-12H2. The molecule has 0 spiro atoms. The molecule has 0 saturated carbocycles. The highest BCUT2D eigenvalue weighted by molar-refractivity contribution is 4.82. The average molecular weight is 181 g/mol. The van der Waals surface area contributed by atoms with Crippen molar-refractivity contribution in [3.05, 3.63) is 6.92 Å². The molecule has 0 unspecified atom stereocenters. The van der Waals surface area contributed by atoms with E-state index < -0.39 is 0 Å². The first kappa shape index (κ1) is 12.5. The van der Waals surface area contributed by atoms with Crippen LogP contribution in [0.1, 0.15) is 44.9 Å². The zero-order valence-electron chi connectivity index (χ0n) is 8.56. The van der Waals surface area contributed by atoms with E-state index in [1.165, 1.54) is 19.3 Å². The minimum Gasteiger partial charge on any atom is -0.381 e. The van der Waals surface area contributed by atoms with Crippen molar-refractivity contribution >= 4 is 0 Å². The molecule has 0 amide bonds. The Labute approximate surface area is 82.9 Å². The van der Waals surface area contributed by atoms with Crippen LogP contribution < -0.4 is 0 Å². The van der Waals surface area contributed by atoms with Crippen molar-refractivity contribution in [2.45, 2.75) is 44.9 Å². The number of hydrogen-bond acceptors (Lipinski definition) is 1. The maximum atomic E-state index is 5.44.